The fraction of sp³-hybridized carbons (Fsp3) is 0.286. The number of benzene rings is 2. The molecule has 1 aliphatic rings. The van der Waals surface area contributed by atoms with Crippen LogP contribution in [0.15, 0.2) is 42.5 Å². The summed E-state index contributed by atoms with van der Waals surface area (Å²) in [6, 6.07) is 12.1. The summed E-state index contributed by atoms with van der Waals surface area (Å²) in [4.78, 5) is 25.4. The number of urea groups is 1. The molecule has 1 fully saturated rings. The lowest BCUT2D eigenvalue weighted by Crippen LogP contribution is -2.50. The third kappa shape index (κ3) is 3.91. The van der Waals surface area contributed by atoms with Crippen LogP contribution in [0.3, 0.4) is 0 Å². The summed E-state index contributed by atoms with van der Waals surface area (Å²) in [6.07, 6.45) is 0. The van der Waals surface area contributed by atoms with Gasteiger partial charge in [0.15, 0.2) is 5.82 Å². The number of carbonyl (C=O) groups excluding carboxylic acids is 1. The maximum absolute atomic E-state index is 13.4. The summed E-state index contributed by atoms with van der Waals surface area (Å²) in [5.74, 6) is -0.0369. The Morgan fingerprint density at radius 3 is 2.55 bits per heavy atom. The van der Waals surface area contributed by atoms with Gasteiger partial charge in [-0.15, -0.1) is 0 Å². The monoisotopic (exact) mass is 395 g/mol. The number of methoxy groups -OCH3 is 1. The summed E-state index contributed by atoms with van der Waals surface area (Å²) < 4.78 is 18.6. The second-order valence-corrected chi connectivity index (χ2v) is 6.91. The van der Waals surface area contributed by atoms with Gasteiger partial charge in [0, 0.05) is 37.9 Å². The highest BCUT2D eigenvalue weighted by atomic mass is 19.1. The van der Waals surface area contributed by atoms with Crippen LogP contribution >= 0.6 is 0 Å². The predicted molar refractivity (Wildman–Crippen MR) is 110 cm³/mol. The highest BCUT2D eigenvalue weighted by Crippen LogP contribution is 2.25. The molecule has 2 amide bonds. The van der Waals surface area contributed by atoms with Gasteiger partial charge in [-0.3, -0.25) is 5.32 Å². The van der Waals surface area contributed by atoms with E-state index in [-0.39, 0.29) is 17.7 Å². The predicted octanol–water partition coefficient (Wildman–Crippen LogP) is 3.44. The summed E-state index contributed by atoms with van der Waals surface area (Å²) >= 11 is 0. The Labute approximate surface area is 168 Å². The lowest BCUT2D eigenvalue weighted by atomic mass is 10.1. The van der Waals surface area contributed by atoms with Crippen LogP contribution in [0.4, 0.5) is 20.7 Å². The van der Waals surface area contributed by atoms with Crippen molar-refractivity contribution in [3.8, 4) is 5.88 Å². The molecule has 1 aliphatic heterocycles. The van der Waals surface area contributed by atoms with Crippen molar-refractivity contribution < 1.29 is 13.9 Å². The van der Waals surface area contributed by atoms with E-state index in [1.54, 1.807) is 4.90 Å². The molecule has 0 aliphatic carbocycles. The Morgan fingerprint density at radius 1 is 1.07 bits per heavy atom. The van der Waals surface area contributed by atoms with Crippen LogP contribution in [0.25, 0.3) is 11.0 Å². The SMILES string of the molecule is COc1nc2cc(F)ccc2nc1NC(=O)N1CCN(c2ccccc2C)CC1. The highest BCUT2D eigenvalue weighted by molar-refractivity contribution is 5.91. The van der Waals surface area contributed by atoms with Crippen LogP contribution in [-0.4, -0.2) is 54.2 Å². The number of carbonyl (C=O) groups is 1. The standard InChI is InChI=1S/C21H22FN5O2/c1-14-5-3-4-6-18(14)26-9-11-27(12-10-26)21(28)25-19-20(29-2)24-17-13-15(22)7-8-16(17)23-19/h3-8,13H,9-12H2,1-2H3,(H,23,25,28). The molecule has 0 atom stereocenters. The zero-order chi connectivity index (χ0) is 20.4. The van der Waals surface area contributed by atoms with E-state index in [0.717, 1.165) is 13.1 Å². The number of aryl methyl sites for hydroxylation is 1. The molecule has 0 saturated carbocycles. The van der Waals surface area contributed by atoms with E-state index in [4.69, 9.17) is 4.74 Å². The van der Waals surface area contributed by atoms with Crippen LogP contribution in [-0.2, 0) is 0 Å². The third-order valence-electron chi connectivity index (χ3n) is 5.04. The molecule has 0 bridgehead atoms. The Hall–Kier alpha value is -3.42. The van der Waals surface area contributed by atoms with E-state index in [1.807, 2.05) is 12.1 Å². The highest BCUT2D eigenvalue weighted by Gasteiger charge is 2.23. The van der Waals surface area contributed by atoms with E-state index in [0.29, 0.717) is 24.1 Å². The molecule has 29 heavy (non-hydrogen) atoms. The number of anilines is 2. The molecule has 7 nitrogen and oxygen atoms in total. The molecule has 1 aromatic heterocycles. The summed E-state index contributed by atoms with van der Waals surface area (Å²) in [5.41, 5.74) is 3.26. The van der Waals surface area contributed by atoms with Gasteiger partial charge in [-0.25, -0.2) is 19.2 Å². The van der Waals surface area contributed by atoms with Crippen molar-refractivity contribution in [1.29, 1.82) is 0 Å². The number of hydrogen-bond acceptors (Lipinski definition) is 5. The first-order valence-corrected chi connectivity index (χ1v) is 9.43. The number of fused-ring (bicyclic) bond motifs is 1. The zero-order valence-electron chi connectivity index (χ0n) is 16.4. The number of ether oxygens (including phenoxy) is 1. The van der Waals surface area contributed by atoms with Crippen molar-refractivity contribution in [2.75, 3.05) is 43.5 Å². The first-order chi connectivity index (χ1) is 14.0. The molecule has 8 heteroatoms. The van der Waals surface area contributed by atoms with E-state index in [1.165, 1.54) is 36.6 Å². The van der Waals surface area contributed by atoms with Gasteiger partial charge in [0.1, 0.15) is 5.82 Å². The number of amides is 2. The average molecular weight is 395 g/mol. The quantitative estimate of drug-likeness (QED) is 0.736. The number of nitrogens with one attached hydrogen (secondary N) is 1. The van der Waals surface area contributed by atoms with Crippen LogP contribution < -0.4 is 15.0 Å². The molecule has 2 heterocycles. The second kappa shape index (κ2) is 7.90. The molecule has 1 saturated heterocycles. The van der Waals surface area contributed by atoms with Gasteiger partial charge in [-0.2, -0.15) is 0 Å². The number of hydrogen-bond donors (Lipinski definition) is 1. The van der Waals surface area contributed by atoms with Gasteiger partial charge < -0.3 is 14.5 Å². The first kappa shape index (κ1) is 18.9. The van der Waals surface area contributed by atoms with Crippen molar-refractivity contribution in [3.05, 3.63) is 53.8 Å². The van der Waals surface area contributed by atoms with Crippen molar-refractivity contribution >= 4 is 28.6 Å². The molecule has 150 valence electrons. The summed E-state index contributed by atoms with van der Waals surface area (Å²) in [6.45, 7) is 4.77. The van der Waals surface area contributed by atoms with Crippen molar-refractivity contribution in [1.82, 2.24) is 14.9 Å². The van der Waals surface area contributed by atoms with Gasteiger partial charge in [0.25, 0.3) is 5.88 Å². The average Bonchev–Trinajstić information content (AvgIpc) is 2.74. The molecule has 2 aromatic carbocycles. The van der Waals surface area contributed by atoms with E-state index in [9.17, 15) is 9.18 Å². The number of halogens is 1. The maximum Gasteiger partial charge on any atom is 0.323 e. The van der Waals surface area contributed by atoms with E-state index < -0.39 is 5.82 Å². The molecule has 0 radical (unpaired) electrons. The van der Waals surface area contributed by atoms with Gasteiger partial charge >= 0.3 is 6.03 Å². The minimum Gasteiger partial charge on any atom is -0.478 e. The topological polar surface area (TPSA) is 70.6 Å². The van der Waals surface area contributed by atoms with E-state index in [2.05, 4.69) is 39.2 Å². The van der Waals surface area contributed by atoms with Crippen molar-refractivity contribution in [3.63, 3.8) is 0 Å². The third-order valence-corrected chi connectivity index (χ3v) is 5.04. The molecule has 1 N–H and O–H groups in total. The molecular formula is C21H22FN5O2. The fourth-order valence-electron chi connectivity index (χ4n) is 3.48. The zero-order valence-corrected chi connectivity index (χ0v) is 16.4. The number of aromatic nitrogens is 2. The summed E-state index contributed by atoms with van der Waals surface area (Å²) in [7, 11) is 1.44. The lowest BCUT2D eigenvalue weighted by molar-refractivity contribution is 0.208. The first-order valence-electron chi connectivity index (χ1n) is 9.43. The number of piperazine rings is 1. The normalized spacial score (nSPS) is 14.2. The molecule has 4 rings (SSSR count). The van der Waals surface area contributed by atoms with Gasteiger partial charge in [-0.1, -0.05) is 18.2 Å². The molecular weight excluding hydrogens is 373 g/mol. The minimum absolute atomic E-state index is 0.148. The van der Waals surface area contributed by atoms with E-state index >= 15 is 0 Å². The van der Waals surface area contributed by atoms with Crippen LogP contribution in [0.1, 0.15) is 5.56 Å². The van der Waals surface area contributed by atoms with Crippen molar-refractivity contribution in [2.45, 2.75) is 6.92 Å². The Kier molecular flexibility index (Phi) is 5.16. The Bertz CT molecular complexity index is 1050. The number of rotatable bonds is 3. The van der Waals surface area contributed by atoms with Gasteiger partial charge in [0.05, 0.1) is 18.1 Å². The largest absolute Gasteiger partial charge is 0.478 e. The smallest absolute Gasteiger partial charge is 0.323 e. The molecule has 0 spiro atoms. The van der Waals surface area contributed by atoms with Crippen LogP contribution in [0.2, 0.25) is 0 Å². The van der Waals surface area contributed by atoms with Gasteiger partial charge in [0.2, 0.25) is 0 Å². The van der Waals surface area contributed by atoms with Crippen LogP contribution in [0, 0.1) is 12.7 Å². The number of para-hydroxylation sites is 1. The molecule has 0 unspecified atom stereocenters. The lowest BCUT2D eigenvalue weighted by Gasteiger charge is -2.36. The Balaban J connectivity index is 1.46. The number of nitrogens with zero attached hydrogens (tertiary/aromatic N) is 4. The van der Waals surface area contributed by atoms with Gasteiger partial charge in [-0.05, 0) is 30.7 Å². The second-order valence-electron chi connectivity index (χ2n) is 6.91. The maximum atomic E-state index is 13.4. The fourth-order valence-corrected chi connectivity index (χ4v) is 3.48. The van der Waals surface area contributed by atoms with Crippen molar-refractivity contribution in [2.24, 2.45) is 0 Å². The summed E-state index contributed by atoms with van der Waals surface area (Å²) in [5, 5.41) is 2.78. The molecule has 3 aromatic rings. The Morgan fingerprint density at radius 2 is 1.83 bits per heavy atom. The van der Waals surface area contributed by atoms with Crippen LogP contribution in [0.5, 0.6) is 5.88 Å². The minimum atomic E-state index is -0.405.